The van der Waals surface area contributed by atoms with E-state index in [9.17, 15) is 9.59 Å². The van der Waals surface area contributed by atoms with E-state index >= 15 is 0 Å². The number of aromatic nitrogens is 1. The zero-order valence-corrected chi connectivity index (χ0v) is 18.5. The van der Waals surface area contributed by atoms with Crippen LogP contribution in [0.1, 0.15) is 31.2 Å². The molecule has 0 bridgehead atoms. The first-order valence-electron chi connectivity index (χ1n) is 11.4. The van der Waals surface area contributed by atoms with Crippen LogP contribution in [-0.2, 0) is 20.7 Å². The third-order valence-electron chi connectivity index (χ3n) is 6.46. The molecule has 1 aliphatic heterocycles. The van der Waals surface area contributed by atoms with Gasteiger partial charge in [0.15, 0.2) is 5.60 Å². The van der Waals surface area contributed by atoms with Gasteiger partial charge in [0.05, 0.1) is 13.2 Å². The molecule has 6 nitrogen and oxygen atoms in total. The summed E-state index contributed by atoms with van der Waals surface area (Å²) in [5.41, 5.74) is 1.99. The highest BCUT2D eigenvalue weighted by atomic mass is 16.5. The zero-order valence-electron chi connectivity index (χ0n) is 18.5. The molecule has 0 unspecified atom stereocenters. The van der Waals surface area contributed by atoms with Crippen LogP contribution in [-0.4, -0.2) is 53.5 Å². The molecule has 0 radical (unpaired) electrons. The summed E-state index contributed by atoms with van der Waals surface area (Å²) >= 11 is 0. The molecule has 1 aromatic carbocycles. The van der Waals surface area contributed by atoms with Crippen LogP contribution in [0.4, 0.5) is 0 Å². The minimum atomic E-state index is -1.11. The second kappa shape index (κ2) is 10.1. The van der Waals surface area contributed by atoms with E-state index in [-0.39, 0.29) is 24.3 Å². The number of amides is 2. The number of rotatable bonds is 7. The van der Waals surface area contributed by atoms with Gasteiger partial charge in [-0.05, 0) is 35.6 Å². The number of hydrogen-bond donors (Lipinski definition) is 1. The average molecular weight is 434 g/mol. The average Bonchev–Trinajstić information content (AvgIpc) is 3.38. The Labute approximate surface area is 189 Å². The highest BCUT2D eigenvalue weighted by molar-refractivity contribution is 5.88. The van der Waals surface area contributed by atoms with Crippen molar-refractivity contribution in [1.82, 2.24) is 15.2 Å². The van der Waals surface area contributed by atoms with Crippen molar-refractivity contribution in [2.45, 2.75) is 37.7 Å². The van der Waals surface area contributed by atoms with Crippen LogP contribution in [0.3, 0.4) is 0 Å². The van der Waals surface area contributed by atoms with Gasteiger partial charge in [-0.2, -0.15) is 0 Å². The van der Waals surface area contributed by atoms with Crippen molar-refractivity contribution in [3.63, 3.8) is 0 Å². The predicted molar refractivity (Wildman–Crippen MR) is 124 cm³/mol. The van der Waals surface area contributed by atoms with E-state index in [1.807, 2.05) is 47.5 Å². The Morgan fingerprint density at radius 1 is 1.19 bits per heavy atom. The second-order valence-corrected chi connectivity index (χ2v) is 8.70. The third kappa shape index (κ3) is 4.91. The van der Waals surface area contributed by atoms with Crippen molar-refractivity contribution >= 4 is 11.8 Å². The molecule has 32 heavy (non-hydrogen) atoms. The Kier molecular flexibility index (Phi) is 7.00. The van der Waals surface area contributed by atoms with E-state index in [4.69, 9.17) is 4.74 Å². The molecular weight excluding hydrogens is 402 g/mol. The fourth-order valence-electron chi connectivity index (χ4n) is 4.73. The standard InChI is InChI=1S/C26H31N3O3/c1-2-13-28-25(31)26(19-29(15-16-32-26)24(30)22-6-3-4-7-22)17-20-9-11-21(12-10-20)23-8-5-14-27-18-23/h2,5,8-12,14,18,22H,1,3-4,6-7,13,15-17,19H2,(H,28,31)/t26-/m1/s1. The van der Waals surface area contributed by atoms with Crippen LogP contribution in [0, 0.1) is 5.92 Å². The highest BCUT2D eigenvalue weighted by Crippen LogP contribution is 2.30. The lowest BCUT2D eigenvalue weighted by atomic mass is 9.89. The number of carbonyl (C=O) groups excluding carboxylic acids is 2. The van der Waals surface area contributed by atoms with Crippen molar-refractivity contribution in [3.8, 4) is 11.1 Å². The normalized spacial score (nSPS) is 21.3. The maximum atomic E-state index is 13.2. The molecule has 2 heterocycles. The fourth-order valence-corrected chi connectivity index (χ4v) is 4.73. The largest absolute Gasteiger partial charge is 0.361 e. The van der Waals surface area contributed by atoms with E-state index in [0.717, 1.165) is 42.4 Å². The molecule has 4 rings (SSSR count). The molecule has 1 saturated heterocycles. The minimum Gasteiger partial charge on any atom is -0.361 e. The number of ether oxygens (including phenoxy) is 1. The SMILES string of the molecule is C=CCNC(=O)[C@@]1(Cc2ccc(-c3cccnc3)cc2)CN(C(=O)C2CCCC2)CCO1. The molecule has 1 saturated carbocycles. The number of carbonyl (C=O) groups is 2. The predicted octanol–water partition coefficient (Wildman–Crippen LogP) is 3.38. The Morgan fingerprint density at radius 2 is 1.97 bits per heavy atom. The molecule has 2 amide bonds. The van der Waals surface area contributed by atoms with Crippen molar-refractivity contribution in [1.29, 1.82) is 0 Å². The van der Waals surface area contributed by atoms with E-state index < -0.39 is 5.60 Å². The Balaban J connectivity index is 1.55. The van der Waals surface area contributed by atoms with Crippen LogP contribution < -0.4 is 5.32 Å². The Hall–Kier alpha value is -2.99. The summed E-state index contributed by atoms with van der Waals surface area (Å²) in [7, 11) is 0. The summed E-state index contributed by atoms with van der Waals surface area (Å²) in [4.78, 5) is 32.3. The van der Waals surface area contributed by atoms with Gasteiger partial charge >= 0.3 is 0 Å². The first-order valence-corrected chi connectivity index (χ1v) is 11.4. The third-order valence-corrected chi connectivity index (χ3v) is 6.46. The first kappa shape index (κ1) is 22.2. The summed E-state index contributed by atoms with van der Waals surface area (Å²) < 4.78 is 6.14. The highest BCUT2D eigenvalue weighted by Gasteiger charge is 2.45. The van der Waals surface area contributed by atoms with Crippen LogP contribution in [0.5, 0.6) is 0 Å². The second-order valence-electron chi connectivity index (χ2n) is 8.70. The van der Waals surface area contributed by atoms with Crippen LogP contribution in [0.2, 0.25) is 0 Å². The van der Waals surface area contributed by atoms with Gasteiger partial charge in [-0.1, -0.05) is 49.2 Å². The fraction of sp³-hybridized carbons (Fsp3) is 0.423. The maximum Gasteiger partial charge on any atom is 0.254 e. The molecule has 6 heteroatoms. The van der Waals surface area contributed by atoms with Crippen molar-refractivity contribution in [3.05, 3.63) is 67.0 Å². The van der Waals surface area contributed by atoms with Crippen molar-refractivity contribution in [2.24, 2.45) is 5.92 Å². The summed E-state index contributed by atoms with van der Waals surface area (Å²) in [5.74, 6) is 0.0529. The molecular formula is C26H31N3O3. The molecule has 0 spiro atoms. The maximum absolute atomic E-state index is 13.2. The molecule has 2 aromatic rings. The molecule has 1 atom stereocenters. The molecule has 1 aromatic heterocycles. The van der Waals surface area contributed by atoms with E-state index in [0.29, 0.717) is 26.1 Å². The zero-order chi connectivity index (χ0) is 22.4. The number of morpholine rings is 1. The van der Waals surface area contributed by atoms with Gasteiger partial charge in [-0.25, -0.2) is 0 Å². The van der Waals surface area contributed by atoms with Gasteiger partial charge in [0.25, 0.3) is 5.91 Å². The quantitative estimate of drug-likeness (QED) is 0.680. The van der Waals surface area contributed by atoms with Gasteiger partial charge in [0.2, 0.25) is 5.91 Å². The lowest BCUT2D eigenvalue weighted by Gasteiger charge is -2.42. The first-order chi connectivity index (χ1) is 15.6. The molecule has 1 aliphatic carbocycles. The molecule has 2 aliphatic rings. The lowest BCUT2D eigenvalue weighted by molar-refractivity contribution is -0.167. The van der Waals surface area contributed by atoms with Gasteiger partial charge in [-0.15, -0.1) is 6.58 Å². The topological polar surface area (TPSA) is 71.5 Å². The number of hydrogen-bond acceptors (Lipinski definition) is 4. The van der Waals surface area contributed by atoms with Crippen molar-refractivity contribution < 1.29 is 14.3 Å². The van der Waals surface area contributed by atoms with Crippen LogP contribution in [0.25, 0.3) is 11.1 Å². The summed E-state index contributed by atoms with van der Waals surface area (Å²) in [6, 6.07) is 12.0. The number of pyridine rings is 1. The number of benzene rings is 1. The number of nitrogens with one attached hydrogen (secondary N) is 1. The van der Waals surface area contributed by atoms with Gasteiger partial charge in [0, 0.05) is 37.8 Å². The van der Waals surface area contributed by atoms with Gasteiger partial charge < -0.3 is 15.0 Å². The molecule has 2 fully saturated rings. The monoisotopic (exact) mass is 433 g/mol. The lowest BCUT2D eigenvalue weighted by Crippen LogP contribution is -2.62. The van der Waals surface area contributed by atoms with E-state index in [1.165, 1.54) is 0 Å². The summed E-state index contributed by atoms with van der Waals surface area (Å²) in [5, 5.41) is 2.90. The van der Waals surface area contributed by atoms with Crippen molar-refractivity contribution in [2.75, 3.05) is 26.2 Å². The molecule has 168 valence electrons. The summed E-state index contributed by atoms with van der Waals surface area (Å²) in [6.07, 6.45) is 9.74. The van der Waals surface area contributed by atoms with Gasteiger partial charge in [-0.3, -0.25) is 14.6 Å². The van der Waals surface area contributed by atoms with Crippen LogP contribution >= 0.6 is 0 Å². The Bertz CT molecular complexity index is 939. The summed E-state index contributed by atoms with van der Waals surface area (Å²) in [6.45, 7) is 5.22. The van der Waals surface area contributed by atoms with E-state index in [1.54, 1.807) is 12.3 Å². The Morgan fingerprint density at radius 3 is 2.66 bits per heavy atom. The smallest absolute Gasteiger partial charge is 0.254 e. The number of nitrogens with zero attached hydrogens (tertiary/aromatic N) is 2. The van der Waals surface area contributed by atoms with Gasteiger partial charge in [0.1, 0.15) is 0 Å². The minimum absolute atomic E-state index is 0.0841. The van der Waals surface area contributed by atoms with E-state index in [2.05, 4.69) is 16.9 Å². The van der Waals surface area contributed by atoms with Crippen LogP contribution in [0.15, 0.2) is 61.4 Å². The molecule has 1 N–H and O–H groups in total.